The number of hydrogen-bond donors (Lipinski definition) is 5. The Labute approximate surface area is 108 Å². The summed E-state index contributed by atoms with van der Waals surface area (Å²) in [4.78, 5) is 31.5. The molecule has 0 heterocycles. The third-order valence-electron chi connectivity index (χ3n) is 2.25. The normalized spacial score (nSPS) is 17.1. The SMILES string of the molecule is N[C@@H](C=O)[C@@H](O)[C@H](O)[C@H](O)COC(=O)CCC(=O)O. The van der Waals surface area contributed by atoms with Crippen LogP contribution in [-0.4, -0.2) is 69.6 Å². The molecule has 0 amide bonds. The van der Waals surface area contributed by atoms with E-state index in [0.717, 1.165) is 0 Å². The third-order valence-corrected chi connectivity index (χ3v) is 2.25. The maximum Gasteiger partial charge on any atom is 0.306 e. The van der Waals surface area contributed by atoms with Gasteiger partial charge in [-0.05, 0) is 0 Å². The Morgan fingerprint density at radius 2 is 1.74 bits per heavy atom. The number of aliphatic hydroxyl groups is 3. The van der Waals surface area contributed by atoms with Gasteiger partial charge in [0.25, 0.3) is 0 Å². The van der Waals surface area contributed by atoms with Gasteiger partial charge in [-0.3, -0.25) is 9.59 Å². The van der Waals surface area contributed by atoms with E-state index in [2.05, 4.69) is 4.74 Å². The Bertz CT molecular complexity index is 321. The quantitative estimate of drug-likeness (QED) is 0.218. The Morgan fingerprint density at radius 1 is 1.16 bits per heavy atom. The summed E-state index contributed by atoms with van der Waals surface area (Å²) in [5, 5.41) is 36.4. The smallest absolute Gasteiger partial charge is 0.306 e. The van der Waals surface area contributed by atoms with E-state index >= 15 is 0 Å². The lowest BCUT2D eigenvalue weighted by atomic mass is 10.0. The average molecular weight is 279 g/mol. The summed E-state index contributed by atoms with van der Waals surface area (Å²) >= 11 is 0. The van der Waals surface area contributed by atoms with Gasteiger partial charge in [0.15, 0.2) is 0 Å². The first kappa shape index (κ1) is 17.4. The number of aliphatic carboxylic acids is 1. The molecule has 0 aromatic heterocycles. The maximum atomic E-state index is 11.0. The second-order valence-corrected chi connectivity index (χ2v) is 3.84. The van der Waals surface area contributed by atoms with E-state index in [-0.39, 0.29) is 12.7 Å². The van der Waals surface area contributed by atoms with Gasteiger partial charge in [-0.1, -0.05) is 0 Å². The average Bonchev–Trinajstić information content (AvgIpc) is 2.39. The number of rotatable bonds is 9. The van der Waals surface area contributed by atoms with Gasteiger partial charge in [-0.15, -0.1) is 0 Å². The zero-order chi connectivity index (χ0) is 15.0. The van der Waals surface area contributed by atoms with Crippen LogP contribution in [0, 0.1) is 0 Å². The largest absolute Gasteiger partial charge is 0.481 e. The Hall–Kier alpha value is -1.55. The van der Waals surface area contributed by atoms with Crippen LogP contribution in [0.25, 0.3) is 0 Å². The molecule has 9 nitrogen and oxygen atoms in total. The molecular formula is C10H17NO8. The Kier molecular flexibility index (Phi) is 7.84. The molecule has 110 valence electrons. The minimum atomic E-state index is -1.77. The fourth-order valence-corrected chi connectivity index (χ4v) is 1.09. The van der Waals surface area contributed by atoms with Crippen molar-refractivity contribution in [1.82, 2.24) is 0 Å². The molecule has 0 unspecified atom stereocenters. The molecule has 0 spiro atoms. The molecule has 0 bridgehead atoms. The highest BCUT2D eigenvalue weighted by Crippen LogP contribution is 2.04. The molecule has 0 fully saturated rings. The number of carboxylic acids is 1. The van der Waals surface area contributed by atoms with Crippen molar-refractivity contribution in [2.75, 3.05) is 6.61 Å². The number of esters is 1. The number of nitrogens with two attached hydrogens (primary N) is 1. The van der Waals surface area contributed by atoms with E-state index in [0.29, 0.717) is 0 Å². The molecule has 9 heteroatoms. The van der Waals surface area contributed by atoms with E-state index in [1.165, 1.54) is 0 Å². The van der Waals surface area contributed by atoms with Crippen LogP contribution in [0.2, 0.25) is 0 Å². The second kappa shape index (κ2) is 8.53. The molecule has 0 aromatic carbocycles. The van der Waals surface area contributed by atoms with E-state index in [1.54, 1.807) is 0 Å². The van der Waals surface area contributed by atoms with Crippen LogP contribution in [0.15, 0.2) is 0 Å². The highest BCUT2D eigenvalue weighted by atomic mass is 16.5. The van der Waals surface area contributed by atoms with Gasteiger partial charge in [0.05, 0.1) is 18.9 Å². The molecule has 4 atom stereocenters. The fourth-order valence-electron chi connectivity index (χ4n) is 1.09. The zero-order valence-electron chi connectivity index (χ0n) is 10.0. The van der Waals surface area contributed by atoms with E-state index in [4.69, 9.17) is 10.8 Å². The van der Waals surface area contributed by atoms with E-state index < -0.39 is 49.3 Å². The summed E-state index contributed by atoms with van der Waals surface area (Å²) in [5.41, 5.74) is 5.13. The van der Waals surface area contributed by atoms with Gasteiger partial charge in [0, 0.05) is 0 Å². The van der Waals surface area contributed by atoms with Gasteiger partial charge >= 0.3 is 11.9 Å². The van der Waals surface area contributed by atoms with Crippen molar-refractivity contribution in [3.63, 3.8) is 0 Å². The van der Waals surface area contributed by atoms with Crippen LogP contribution in [0.5, 0.6) is 0 Å². The molecular weight excluding hydrogens is 262 g/mol. The molecule has 0 aliphatic heterocycles. The van der Waals surface area contributed by atoms with Gasteiger partial charge < -0.3 is 35.7 Å². The number of aldehydes is 1. The molecule has 0 aliphatic carbocycles. The highest BCUT2D eigenvalue weighted by molar-refractivity contribution is 5.76. The van der Waals surface area contributed by atoms with Crippen LogP contribution in [-0.2, 0) is 19.1 Å². The molecule has 0 saturated carbocycles. The van der Waals surface area contributed by atoms with Gasteiger partial charge in [-0.2, -0.15) is 0 Å². The summed E-state index contributed by atoms with van der Waals surface area (Å²) in [5.74, 6) is -2.05. The molecule has 0 radical (unpaired) electrons. The predicted octanol–water partition coefficient (Wildman–Crippen LogP) is -3.00. The molecule has 0 saturated heterocycles. The minimum absolute atomic E-state index is 0.194. The minimum Gasteiger partial charge on any atom is -0.481 e. The first-order chi connectivity index (χ1) is 8.79. The molecule has 19 heavy (non-hydrogen) atoms. The molecule has 6 N–H and O–H groups in total. The maximum absolute atomic E-state index is 11.0. The van der Waals surface area contributed by atoms with Crippen molar-refractivity contribution in [2.24, 2.45) is 5.73 Å². The van der Waals surface area contributed by atoms with Gasteiger partial charge in [-0.25, -0.2) is 0 Å². The third kappa shape index (κ3) is 6.82. The number of carbonyl (C=O) groups excluding carboxylic acids is 2. The van der Waals surface area contributed by atoms with Crippen molar-refractivity contribution in [3.8, 4) is 0 Å². The summed E-state index contributed by atoms with van der Waals surface area (Å²) in [6.45, 7) is -0.651. The van der Waals surface area contributed by atoms with Crippen LogP contribution >= 0.6 is 0 Å². The second-order valence-electron chi connectivity index (χ2n) is 3.84. The molecule has 0 rings (SSSR count). The topological polar surface area (TPSA) is 167 Å². The number of hydrogen-bond acceptors (Lipinski definition) is 8. The van der Waals surface area contributed by atoms with Crippen LogP contribution in [0.3, 0.4) is 0 Å². The Morgan fingerprint density at radius 3 is 2.21 bits per heavy atom. The van der Waals surface area contributed by atoms with Crippen molar-refractivity contribution < 1.29 is 39.5 Å². The first-order valence-electron chi connectivity index (χ1n) is 5.42. The van der Waals surface area contributed by atoms with E-state index in [9.17, 15) is 29.7 Å². The standard InChI is InChI=1S/C10H17NO8/c11-5(3-12)9(17)10(18)6(13)4-19-8(16)2-1-7(14)15/h3,5-6,9-10,13,17-18H,1-2,4,11H2,(H,14,15)/t5-,6+,9+,10+/m0/s1. The number of aliphatic hydroxyl groups excluding tert-OH is 3. The van der Waals surface area contributed by atoms with Crippen molar-refractivity contribution in [3.05, 3.63) is 0 Å². The summed E-state index contributed by atoms with van der Waals surface area (Å²) in [7, 11) is 0. The van der Waals surface area contributed by atoms with Crippen molar-refractivity contribution >= 4 is 18.2 Å². The lowest BCUT2D eigenvalue weighted by Gasteiger charge is -2.24. The molecule has 0 aliphatic rings. The van der Waals surface area contributed by atoms with Gasteiger partial charge in [0.2, 0.25) is 0 Å². The van der Waals surface area contributed by atoms with Crippen LogP contribution in [0.4, 0.5) is 0 Å². The van der Waals surface area contributed by atoms with Crippen molar-refractivity contribution in [1.29, 1.82) is 0 Å². The van der Waals surface area contributed by atoms with Crippen molar-refractivity contribution in [2.45, 2.75) is 37.2 Å². The summed E-state index contributed by atoms with van der Waals surface area (Å²) in [6.07, 6.45) is -5.73. The number of ether oxygens (including phenoxy) is 1. The van der Waals surface area contributed by atoms with Crippen LogP contribution < -0.4 is 5.73 Å². The number of carbonyl (C=O) groups is 3. The van der Waals surface area contributed by atoms with Gasteiger partial charge in [0.1, 0.15) is 31.2 Å². The summed E-state index contributed by atoms with van der Waals surface area (Å²) in [6, 6.07) is -1.38. The zero-order valence-corrected chi connectivity index (χ0v) is 10.0. The fraction of sp³-hybridized carbons (Fsp3) is 0.700. The lowest BCUT2D eigenvalue weighted by Crippen LogP contribution is -2.50. The first-order valence-corrected chi connectivity index (χ1v) is 5.42. The number of carboxylic acid groups (broad SMARTS) is 1. The van der Waals surface area contributed by atoms with Crippen LogP contribution in [0.1, 0.15) is 12.8 Å². The molecule has 0 aromatic rings. The predicted molar refractivity (Wildman–Crippen MR) is 59.9 cm³/mol. The Balaban J connectivity index is 4.09. The van der Waals surface area contributed by atoms with E-state index in [1.807, 2.05) is 0 Å². The summed E-state index contributed by atoms with van der Waals surface area (Å²) < 4.78 is 4.49. The monoisotopic (exact) mass is 279 g/mol. The lowest BCUT2D eigenvalue weighted by molar-refractivity contribution is -0.154. The highest BCUT2D eigenvalue weighted by Gasteiger charge is 2.30.